The van der Waals surface area contributed by atoms with E-state index in [4.69, 9.17) is 0 Å². The van der Waals surface area contributed by atoms with Gasteiger partial charge in [-0.2, -0.15) is 0 Å². The monoisotopic (exact) mass is 547 g/mol. The Hall–Kier alpha value is 0. The van der Waals surface area contributed by atoms with Gasteiger partial charge in [0.15, 0.2) is 0 Å². The van der Waals surface area contributed by atoms with Crippen LogP contribution in [-0.4, -0.2) is 0 Å². The summed E-state index contributed by atoms with van der Waals surface area (Å²) in [5.41, 5.74) is 4.03. The number of fused-ring (bicyclic) bond motifs is 17. The quantitative estimate of drug-likeness (QED) is 0.265. The fraction of sp³-hybridized carbons (Fsp3) is 1.00. The SMILES string of the molecule is CC1(C)C2(C)C3(C)C(C)(C)C4(C)C5(C)C(C)(C)C3(C)C2(C)C(C)(C)C2(C)C1(C)C1(C)C2(C)C2(C)C5(C)C4(C)C12C. The van der Waals surface area contributed by atoms with Crippen LogP contribution in [0.4, 0.5) is 0 Å². The van der Waals surface area contributed by atoms with E-state index in [-0.39, 0.29) is 97.5 Å². The van der Waals surface area contributed by atoms with Crippen LogP contribution in [0.3, 0.4) is 0 Å². The van der Waals surface area contributed by atoms with Crippen molar-refractivity contribution in [2.75, 3.05) is 0 Å². The molecule has 0 aromatic carbocycles. The van der Waals surface area contributed by atoms with Crippen LogP contribution in [0.5, 0.6) is 0 Å². The van der Waals surface area contributed by atoms with Gasteiger partial charge in [0.1, 0.15) is 0 Å². The Kier molecular flexibility index (Phi) is 3.32. The highest BCUT2D eigenvalue weighted by Crippen LogP contribution is 3.24. The minimum Gasteiger partial charge on any atom is -0.0588 e. The molecule has 7 saturated carbocycles. The molecule has 0 amide bonds. The molecular weight excluding hydrogens is 480 g/mol. The Morgan fingerprint density at radius 1 is 0.125 bits per heavy atom. The maximum Gasteiger partial charge on any atom is -0.0131 e. The highest BCUT2D eigenvalue weighted by molar-refractivity contribution is 5.67. The molecule has 0 heteroatoms. The third-order valence-corrected chi connectivity index (χ3v) is 27.0. The highest BCUT2D eigenvalue weighted by Gasteiger charge is 3.21. The lowest BCUT2D eigenvalue weighted by Crippen LogP contribution is -3.13. The molecule has 0 radical (unpaired) electrons. The van der Waals surface area contributed by atoms with Crippen molar-refractivity contribution >= 4 is 0 Å². The molecule has 0 heterocycles. The third-order valence-electron chi connectivity index (χ3n) is 27.0. The largest absolute Gasteiger partial charge is 0.0588 e. The molecule has 226 valence electrons. The summed E-state index contributed by atoms with van der Waals surface area (Å²) in [5, 5.41) is 0. The van der Waals surface area contributed by atoms with Crippen LogP contribution in [0.1, 0.15) is 152 Å². The summed E-state index contributed by atoms with van der Waals surface area (Å²) in [7, 11) is 0. The molecule has 40 heavy (non-hydrogen) atoms. The Labute approximate surface area is 249 Å². The van der Waals surface area contributed by atoms with Crippen LogP contribution >= 0.6 is 0 Å². The van der Waals surface area contributed by atoms with E-state index in [1.165, 1.54) is 0 Å². The van der Waals surface area contributed by atoms with Gasteiger partial charge in [-0.05, 0) is 97.5 Å². The predicted octanol–water partition coefficient (Wildman–Crippen LogP) is 11.3. The molecule has 7 rings (SSSR count). The fourth-order valence-corrected chi connectivity index (χ4v) is 24.7. The molecule has 7 aliphatic carbocycles. The van der Waals surface area contributed by atoms with Crippen LogP contribution in [0, 0.1) is 97.5 Å². The van der Waals surface area contributed by atoms with E-state index in [2.05, 4.69) is 152 Å². The molecule has 7 fully saturated rings. The first-order valence-corrected chi connectivity index (χ1v) is 17.2. The zero-order valence-corrected chi connectivity index (χ0v) is 31.0. The zero-order valence-electron chi connectivity index (χ0n) is 31.0. The number of hydrogen-bond acceptors (Lipinski definition) is 0. The molecule has 0 aromatic heterocycles. The Morgan fingerprint density at radius 2 is 0.200 bits per heavy atom. The van der Waals surface area contributed by atoms with Crippen LogP contribution < -0.4 is 0 Å². The van der Waals surface area contributed by atoms with E-state index >= 15 is 0 Å². The Bertz CT molecular complexity index is 1220. The van der Waals surface area contributed by atoms with Crippen molar-refractivity contribution in [2.45, 2.75) is 152 Å². The summed E-state index contributed by atoms with van der Waals surface area (Å²) in [6.07, 6.45) is 0. The summed E-state index contributed by atoms with van der Waals surface area (Å²) in [5.74, 6) is 0. The minimum absolute atomic E-state index is 0.176. The van der Waals surface area contributed by atoms with Crippen molar-refractivity contribution in [1.82, 2.24) is 0 Å². The van der Waals surface area contributed by atoms with Crippen LogP contribution in [0.25, 0.3) is 0 Å². The third kappa shape index (κ3) is 1.03. The first-order chi connectivity index (χ1) is 17.2. The smallest absolute Gasteiger partial charge is 0.0131 e. The van der Waals surface area contributed by atoms with Crippen LogP contribution in [0.15, 0.2) is 0 Å². The molecule has 8 atom stereocenters. The molecule has 0 aliphatic heterocycles. The molecular formula is C40H66. The first-order valence-electron chi connectivity index (χ1n) is 17.2. The second-order valence-corrected chi connectivity index (χ2v) is 22.2. The van der Waals surface area contributed by atoms with E-state index in [0.29, 0.717) is 0 Å². The second-order valence-electron chi connectivity index (χ2n) is 22.2. The molecule has 7 aliphatic rings. The van der Waals surface area contributed by atoms with Gasteiger partial charge in [-0.15, -0.1) is 0 Å². The standard InChI is InChI=1S/C40H66/c1-23(2)27(9)28(10)24(3,4)32(14)31(23,13)35(17)36(32,18)40(22)38(20)34(16)26(7,8)30(28,12)29(27,11)25(5,6)33(34,15)37(38,19)39(35,40)21/h1-22H3. The normalized spacial score (nSPS) is 78.5. The maximum absolute atomic E-state index is 2.86. The summed E-state index contributed by atoms with van der Waals surface area (Å²) in [6, 6.07) is 0. The summed E-state index contributed by atoms with van der Waals surface area (Å²) in [6.45, 7) is 62.5. The number of rotatable bonds is 0. The van der Waals surface area contributed by atoms with Gasteiger partial charge in [-0.25, -0.2) is 0 Å². The Balaban J connectivity index is 1.75. The fourth-order valence-electron chi connectivity index (χ4n) is 24.7. The van der Waals surface area contributed by atoms with E-state index in [0.717, 1.165) is 0 Å². The lowest BCUT2D eigenvalue weighted by Gasteiger charge is -3.16. The minimum atomic E-state index is 0.176. The maximum atomic E-state index is 2.86. The first kappa shape index (κ1) is 27.5. The van der Waals surface area contributed by atoms with E-state index < -0.39 is 0 Å². The predicted molar refractivity (Wildman–Crippen MR) is 169 cm³/mol. The van der Waals surface area contributed by atoms with Gasteiger partial charge in [0, 0.05) is 0 Å². The zero-order chi connectivity index (χ0) is 31.0. The van der Waals surface area contributed by atoms with Gasteiger partial charge in [-0.3, -0.25) is 0 Å². The molecule has 0 aromatic rings. The van der Waals surface area contributed by atoms with Gasteiger partial charge in [0.2, 0.25) is 0 Å². The van der Waals surface area contributed by atoms with Gasteiger partial charge in [-0.1, -0.05) is 152 Å². The van der Waals surface area contributed by atoms with Crippen molar-refractivity contribution in [2.24, 2.45) is 97.5 Å². The molecule has 0 nitrogen and oxygen atoms in total. The number of hydrogen-bond donors (Lipinski definition) is 0. The highest BCUT2D eigenvalue weighted by atomic mass is 15.2. The summed E-state index contributed by atoms with van der Waals surface area (Å²) in [4.78, 5) is 0. The topological polar surface area (TPSA) is 0 Å². The van der Waals surface area contributed by atoms with Crippen molar-refractivity contribution < 1.29 is 0 Å². The molecule has 0 saturated heterocycles. The Morgan fingerprint density at radius 3 is 0.325 bits per heavy atom. The average molecular weight is 547 g/mol. The molecule has 0 spiro atoms. The van der Waals surface area contributed by atoms with Crippen molar-refractivity contribution in [1.29, 1.82) is 0 Å². The van der Waals surface area contributed by atoms with E-state index in [1.54, 1.807) is 0 Å². The van der Waals surface area contributed by atoms with Gasteiger partial charge in [0.25, 0.3) is 0 Å². The van der Waals surface area contributed by atoms with Gasteiger partial charge in [0.05, 0.1) is 0 Å². The summed E-state index contributed by atoms with van der Waals surface area (Å²) >= 11 is 0. The molecule has 0 bridgehead atoms. The van der Waals surface area contributed by atoms with Gasteiger partial charge < -0.3 is 0 Å². The summed E-state index contributed by atoms with van der Waals surface area (Å²) < 4.78 is 0. The lowest BCUT2D eigenvalue weighted by atomic mass is 8.87. The van der Waals surface area contributed by atoms with Crippen molar-refractivity contribution in [3.63, 3.8) is 0 Å². The van der Waals surface area contributed by atoms with E-state index in [9.17, 15) is 0 Å². The van der Waals surface area contributed by atoms with Crippen molar-refractivity contribution in [3.05, 3.63) is 0 Å². The molecule has 8 unspecified atom stereocenters. The average Bonchev–Trinajstić information content (AvgIpc) is 2.87. The van der Waals surface area contributed by atoms with Gasteiger partial charge >= 0.3 is 0 Å². The van der Waals surface area contributed by atoms with Crippen LogP contribution in [-0.2, 0) is 0 Å². The van der Waals surface area contributed by atoms with E-state index in [1.807, 2.05) is 0 Å². The lowest BCUT2D eigenvalue weighted by molar-refractivity contribution is -0.704. The molecule has 0 N–H and O–H groups in total. The second kappa shape index (κ2) is 4.83. The van der Waals surface area contributed by atoms with Crippen LogP contribution in [0.2, 0.25) is 0 Å². The van der Waals surface area contributed by atoms with Crippen molar-refractivity contribution in [3.8, 4) is 0 Å².